The van der Waals surface area contributed by atoms with E-state index in [1.807, 2.05) is 0 Å². The summed E-state index contributed by atoms with van der Waals surface area (Å²) in [6.45, 7) is 1.17. The Morgan fingerprint density at radius 3 is 1.90 bits per heavy atom. The molecule has 10 heteroatoms. The van der Waals surface area contributed by atoms with Crippen LogP contribution in [0.3, 0.4) is 0 Å². The average Bonchev–Trinajstić information content (AvgIpc) is 2.36. The Balaban J connectivity index is 3.34. The first kappa shape index (κ1) is 17.8. The maximum atomic E-state index is 13.0. The van der Waals surface area contributed by atoms with E-state index in [9.17, 15) is 30.6 Å². The minimum absolute atomic E-state index is 0.452. The molecule has 0 fully saturated rings. The van der Waals surface area contributed by atoms with Crippen LogP contribution in [-0.2, 0) is 11.0 Å². The first-order valence-electron chi connectivity index (χ1n) is 5.57. The van der Waals surface area contributed by atoms with Gasteiger partial charge in [0.15, 0.2) is 0 Å². The summed E-state index contributed by atoms with van der Waals surface area (Å²) in [7, 11) is -2.58. The van der Waals surface area contributed by atoms with Crippen molar-refractivity contribution in [3.05, 3.63) is 30.3 Å². The predicted molar refractivity (Wildman–Crippen MR) is 63.7 cm³/mol. The van der Waals surface area contributed by atoms with Crippen molar-refractivity contribution < 1.29 is 35.3 Å². The Morgan fingerprint density at radius 1 is 1.05 bits per heavy atom. The lowest BCUT2D eigenvalue weighted by atomic mass is 10.2. The van der Waals surface area contributed by atoms with Crippen LogP contribution in [-0.4, -0.2) is 28.0 Å². The highest BCUT2D eigenvalue weighted by atomic mass is 32.2. The quantitative estimate of drug-likeness (QED) is 0.663. The molecule has 0 heterocycles. The molecule has 0 spiro atoms. The van der Waals surface area contributed by atoms with Crippen molar-refractivity contribution in [1.82, 2.24) is 4.72 Å². The first-order valence-corrected chi connectivity index (χ1v) is 6.89. The number of hydrogen-bond donors (Lipinski definition) is 1. The van der Waals surface area contributed by atoms with E-state index in [0.717, 1.165) is 16.9 Å². The molecule has 0 aliphatic rings. The van der Waals surface area contributed by atoms with Crippen molar-refractivity contribution in [2.45, 2.75) is 25.0 Å². The van der Waals surface area contributed by atoms with Gasteiger partial charge in [0, 0.05) is 5.75 Å². The summed E-state index contributed by atoms with van der Waals surface area (Å²) in [6.07, 6.45) is -11.7. The Morgan fingerprint density at radius 2 is 1.52 bits per heavy atom. The van der Waals surface area contributed by atoms with Crippen LogP contribution < -0.4 is 9.46 Å². The number of hydrogen-bond acceptors (Lipinski definition) is 2. The van der Waals surface area contributed by atoms with Crippen LogP contribution in [0.25, 0.3) is 0 Å². The van der Waals surface area contributed by atoms with E-state index in [4.69, 9.17) is 0 Å². The highest BCUT2D eigenvalue weighted by Crippen LogP contribution is 2.44. The van der Waals surface area contributed by atoms with Crippen LogP contribution in [0.5, 0.6) is 5.75 Å². The number of para-hydroxylation sites is 1. The molecule has 21 heavy (non-hydrogen) atoms. The van der Waals surface area contributed by atoms with Crippen LogP contribution >= 0.6 is 0 Å². The third kappa shape index (κ3) is 3.88. The second kappa shape index (κ2) is 6.22. The summed E-state index contributed by atoms with van der Waals surface area (Å²) >= 11 is 0. The summed E-state index contributed by atoms with van der Waals surface area (Å²) in [5, 5.41) is 0. The van der Waals surface area contributed by atoms with Crippen molar-refractivity contribution in [2.24, 2.45) is 0 Å². The lowest BCUT2D eigenvalue weighted by Crippen LogP contribution is -2.70. The van der Waals surface area contributed by atoms with Crippen molar-refractivity contribution in [1.29, 1.82) is 0 Å². The van der Waals surface area contributed by atoms with E-state index in [-0.39, 0.29) is 0 Å². The Labute approximate surface area is 118 Å². The standard InChI is InChI=1S/C11H11F6NO2S/c1-2-21(19)18-9(10(12,13)14,11(15,16)17)20-8-6-4-3-5-7-8/h3-7,18H,2H2,1H3. The van der Waals surface area contributed by atoms with Crippen LogP contribution in [0.4, 0.5) is 26.3 Å². The fourth-order valence-corrected chi connectivity index (χ4v) is 2.05. The molecule has 0 saturated heterocycles. The Bertz CT molecular complexity index is 474. The molecule has 0 aliphatic heterocycles. The number of rotatable bonds is 5. The molecule has 1 atom stereocenters. The number of nitrogens with one attached hydrogen (secondary N) is 1. The van der Waals surface area contributed by atoms with Crippen molar-refractivity contribution in [3.8, 4) is 5.75 Å². The average molecular weight is 335 g/mol. The highest BCUT2D eigenvalue weighted by Gasteiger charge is 2.75. The van der Waals surface area contributed by atoms with Gasteiger partial charge in [-0.25, -0.2) is 4.21 Å². The molecule has 1 N–H and O–H groups in total. The molecular weight excluding hydrogens is 324 g/mol. The van der Waals surface area contributed by atoms with E-state index in [2.05, 4.69) is 4.74 Å². The van der Waals surface area contributed by atoms with Gasteiger partial charge in [0.1, 0.15) is 5.75 Å². The Hall–Kier alpha value is -1.29. The SMILES string of the molecule is CCS(=O)NC(Oc1ccccc1)(C(F)(F)F)C(F)(F)F. The van der Waals surface area contributed by atoms with E-state index in [0.29, 0.717) is 0 Å². The van der Waals surface area contributed by atoms with Crippen molar-refractivity contribution in [2.75, 3.05) is 5.75 Å². The van der Waals surface area contributed by atoms with Gasteiger partial charge in [0.25, 0.3) is 0 Å². The smallest absolute Gasteiger partial charge is 0.453 e. The summed E-state index contributed by atoms with van der Waals surface area (Å²) < 4.78 is 94.5. The second-order valence-corrected chi connectivity index (χ2v) is 5.30. The van der Waals surface area contributed by atoms with E-state index in [1.165, 1.54) is 25.1 Å². The fraction of sp³-hybridized carbons (Fsp3) is 0.455. The predicted octanol–water partition coefficient (Wildman–Crippen LogP) is 3.16. The lowest BCUT2D eigenvalue weighted by molar-refractivity contribution is -0.361. The van der Waals surface area contributed by atoms with Gasteiger partial charge in [-0.2, -0.15) is 31.1 Å². The highest BCUT2D eigenvalue weighted by molar-refractivity contribution is 7.83. The zero-order valence-electron chi connectivity index (χ0n) is 10.6. The summed E-state index contributed by atoms with van der Waals surface area (Å²) in [5.74, 6) is -1.11. The molecule has 1 aromatic carbocycles. The zero-order chi connectivity index (χ0) is 16.3. The molecular formula is C11H11F6NO2S. The molecule has 3 nitrogen and oxygen atoms in total. The number of ether oxygens (including phenoxy) is 1. The van der Waals surface area contributed by atoms with Crippen LogP contribution in [0, 0.1) is 0 Å². The number of halogens is 6. The largest absolute Gasteiger partial charge is 0.455 e. The van der Waals surface area contributed by atoms with E-state index in [1.54, 1.807) is 0 Å². The Kier molecular flexibility index (Phi) is 5.26. The maximum Gasteiger partial charge on any atom is 0.453 e. The number of alkyl halides is 6. The van der Waals surface area contributed by atoms with Crippen LogP contribution in [0.1, 0.15) is 6.92 Å². The monoisotopic (exact) mass is 335 g/mol. The summed E-state index contributed by atoms with van der Waals surface area (Å²) in [5.41, 5.74) is -4.75. The molecule has 1 rings (SSSR count). The molecule has 0 radical (unpaired) electrons. The first-order chi connectivity index (χ1) is 9.53. The molecule has 0 saturated carbocycles. The minimum atomic E-state index is -5.87. The molecule has 0 amide bonds. The lowest BCUT2D eigenvalue weighted by Gasteiger charge is -2.37. The van der Waals surface area contributed by atoms with Gasteiger partial charge in [-0.05, 0) is 12.1 Å². The van der Waals surface area contributed by atoms with Crippen molar-refractivity contribution in [3.63, 3.8) is 0 Å². The second-order valence-electron chi connectivity index (χ2n) is 3.83. The summed E-state index contributed by atoms with van der Waals surface area (Å²) in [6, 6.07) is 5.69. The fourth-order valence-electron chi connectivity index (χ4n) is 1.31. The molecule has 120 valence electrons. The van der Waals surface area contributed by atoms with Gasteiger partial charge in [0.05, 0.1) is 11.0 Å². The van der Waals surface area contributed by atoms with Crippen LogP contribution in [0.2, 0.25) is 0 Å². The van der Waals surface area contributed by atoms with Crippen LogP contribution in [0.15, 0.2) is 30.3 Å². The zero-order valence-corrected chi connectivity index (χ0v) is 11.4. The van der Waals surface area contributed by atoms with Gasteiger partial charge in [-0.3, -0.25) is 0 Å². The molecule has 0 aliphatic carbocycles. The topological polar surface area (TPSA) is 38.3 Å². The van der Waals surface area contributed by atoms with Gasteiger partial charge >= 0.3 is 18.1 Å². The van der Waals surface area contributed by atoms with Gasteiger partial charge in [0.2, 0.25) is 0 Å². The van der Waals surface area contributed by atoms with E-state index >= 15 is 0 Å². The molecule has 1 aromatic rings. The minimum Gasteiger partial charge on any atom is -0.455 e. The van der Waals surface area contributed by atoms with E-state index < -0.39 is 40.6 Å². The maximum absolute atomic E-state index is 13.0. The molecule has 0 aromatic heterocycles. The van der Waals surface area contributed by atoms with Gasteiger partial charge < -0.3 is 4.74 Å². The molecule has 0 bridgehead atoms. The van der Waals surface area contributed by atoms with Crippen molar-refractivity contribution >= 4 is 11.0 Å². The third-order valence-electron chi connectivity index (χ3n) is 2.33. The molecule has 1 unspecified atom stereocenters. The number of benzene rings is 1. The third-order valence-corrected chi connectivity index (χ3v) is 3.37. The normalized spacial score (nSPS) is 14.8. The summed E-state index contributed by atoms with van der Waals surface area (Å²) in [4.78, 5) is 0. The van der Waals surface area contributed by atoms with Gasteiger partial charge in [-0.15, -0.1) is 0 Å². The van der Waals surface area contributed by atoms with Gasteiger partial charge in [-0.1, -0.05) is 25.1 Å².